The minimum atomic E-state index is -2.73. The Morgan fingerprint density at radius 2 is 2.00 bits per heavy atom. The number of hydrogen-bond acceptors (Lipinski definition) is 10. The molecule has 1 aromatic rings. The first-order valence-corrected chi connectivity index (χ1v) is 12.4. The summed E-state index contributed by atoms with van der Waals surface area (Å²) in [6.45, 7) is 1.18. The van der Waals surface area contributed by atoms with Crippen molar-refractivity contribution in [1.29, 1.82) is 0 Å². The Morgan fingerprint density at radius 1 is 1.29 bits per heavy atom. The third-order valence-electron chi connectivity index (χ3n) is 8.24. The van der Waals surface area contributed by atoms with Crippen LogP contribution in [-0.4, -0.2) is 87.8 Å². The van der Waals surface area contributed by atoms with Crippen LogP contribution < -0.4 is 11.1 Å². The number of aliphatic hydroxyl groups excluding tert-OH is 2. The molecule has 38 heavy (non-hydrogen) atoms. The van der Waals surface area contributed by atoms with Gasteiger partial charge in [0.2, 0.25) is 5.78 Å². The number of hydrogen-bond donors (Lipinski definition) is 6. The summed E-state index contributed by atoms with van der Waals surface area (Å²) in [6, 6.07) is 0.0739. The maximum absolute atomic E-state index is 15.7. The number of ketones is 2. The van der Waals surface area contributed by atoms with Gasteiger partial charge < -0.3 is 36.2 Å². The van der Waals surface area contributed by atoms with Gasteiger partial charge in [-0.3, -0.25) is 19.3 Å². The van der Waals surface area contributed by atoms with E-state index in [2.05, 4.69) is 5.32 Å². The molecular weight excluding hydrogens is 501 g/mol. The first-order chi connectivity index (χ1) is 17.9. The molecule has 0 spiro atoms. The normalized spacial score (nSPS) is 31.0. The number of phenolic OH excluding ortho intramolecular Hbond substituents is 1. The number of carbonyl (C=O) groups excluding carboxylic acids is 3. The number of primary amides is 1. The number of fused-ring (bicyclic) bond motifs is 3. The highest BCUT2D eigenvalue weighted by atomic mass is 19.1. The maximum atomic E-state index is 15.7. The second-order valence-electron chi connectivity index (χ2n) is 10.6. The quantitative estimate of drug-likeness (QED) is 0.286. The fourth-order valence-electron chi connectivity index (χ4n) is 6.43. The second kappa shape index (κ2) is 9.16. The summed E-state index contributed by atoms with van der Waals surface area (Å²) in [7, 11) is 3.08. The molecule has 1 fully saturated rings. The summed E-state index contributed by atoms with van der Waals surface area (Å²) in [5, 5.41) is 47.5. The van der Waals surface area contributed by atoms with Crippen molar-refractivity contribution in [1.82, 2.24) is 10.2 Å². The Morgan fingerprint density at radius 3 is 2.61 bits per heavy atom. The molecule has 0 saturated carbocycles. The molecule has 1 heterocycles. The number of likely N-dealkylation sites (N-methyl/N-ethyl adjacent to an activating group) is 1. The average molecular weight is 532 g/mol. The van der Waals surface area contributed by atoms with Gasteiger partial charge in [0.15, 0.2) is 11.4 Å². The van der Waals surface area contributed by atoms with Gasteiger partial charge in [-0.05, 0) is 45.3 Å². The standard InChI is InChI=1S/C26H30FN3O8/c1-30(2)20-14-6-10-5-13-17(15(31)7-11(19(13)27)8-29-12-3-4-38-9-12)21(32)16(10)23(34)26(14,37)24(35)18(22(20)33)25(28)36/h7,10,12,14,20,29,31,33-34,37H,3-6,8-9H2,1-2H3,(H2,28,36)/t10-,12+,14-,20-,26-/m0/s1. The van der Waals surface area contributed by atoms with Crippen molar-refractivity contribution in [2.24, 2.45) is 17.6 Å². The highest BCUT2D eigenvalue weighted by Crippen LogP contribution is 2.52. The number of aromatic hydroxyl groups is 1. The fourth-order valence-corrected chi connectivity index (χ4v) is 6.43. The smallest absolute Gasteiger partial charge is 0.255 e. The molecule has 1 aliphatic heterocycles. The third kappa shape index (κ3) is 3.66. The number of nitrogens with one attached hydrogen (secondary N) is 1. The van der Waals surface area contributed by atoms with E-state index in [1.807, 2.05) is 0 Å². The maximum Gasteiger partial charge on any atom is 0.255 e. The van der Waals surface area contributed by atoms with Gasteiger partial charge in [0.25, 0.3) is 5.91 Å². The number of allylic oxidation sites excluding steroid dienone is 1. The molecule has 4 aliphatic rings. The number of amides is 1. The van der Waals surface area contributed by atoms with Crippen molar-refractivity contribution in [3.63, 3.8) is 0 Å². The third-order valence-corrected chi connectivity index (χ3v) is 8.24. The van der Waals surface area contributed by atoms with Crippen molar-refractivity contribution in [3.05, 3.63) is 51.2 Å². The van der Waals surface area contributed by atoms with E-state index < -0.39 is 69.6 Å². The highest BCUT2D eigenvalue weighted by Gasteiger charge is 2.63. The summed E-state index contributed by atoms with van der Waals surface area (Å²) in [6.07, 6.45) is 0.559. The SMILES string of the molecule is CN(C)[C@@H]1C(O)=C(C(N)=O)C(=O)[C@@]2(O)C(O)=C3C(=O)c4c(O)cc(CN[C@@H]5CCOC5)c(F)c4C[C@H]3C[C@@H]12. The molecule has 1 aromatic carbocycles. The fraction of sp³-hybridized carbons (Fsp3) is 0.500. The molecule has 204 valence electrons. The first-order valence-electron chi connectivity index (χ1n) is 12.4. The molecule has 0 bridgehead atoms. The lowest BCUT2D eigenvalue weighted by atomic mass is 9.58. The van der Waals surface area contributed by atoms with Crippen LogP contribution in [0.3, 0.4) is 0 Å². The lowest BCUT2D eigenvalue weighted by Crippen LogP contribution is -2.63. The molecule has 12 heteroatoms. The topological polar surface area (TPSA) is 183 Å². The minimum absolute atomic E-state index is 0.0254. The zero-order valence-electron chi connectivity index (χ0n) is 21.0. The zero-order valence-corrected chi connectivity index (χ0v) is 21.0. The molecule has 5 rings (SSSR count). The molecule has 5 atom stereocenters. The monoisotopic (exact) mass is 531 g/mol. The van der Waals surface area contributed by atoms with E-state index in [0.717, 1.165) is 12.5 Å². The Labute approximate surface area is 217 Å². The zero-order chi connectivity index (χ0) is 27.7. The van der Waals surface area contributed by atoms with Crippen LogP contribution in [0.25, 0.3) is 0 Å². The van der Waals surface area contributed by atoms with Crippen LogP contribution in [-0.2, 0) is 27.3 Å². The van der Waals surface area contributed by atoms with Crippen molar-refractivity contribution in [2.45, 2.75) is 43.5 Å². The van der Waals surface area contributed by atoms with Gasteiger partial charge in [-0.15, -0.1) is 0 Å². The van der Waals surface area contributed by atoms with Gasteiger partial charge in [-0.25, -0.2) is 4.39 Å². The van der Waals surface area contributed by atoms with Gasteiger partial charge in [-0.2, -0.15) is 0 Å². The number of phenols is 1. The predicted octanol–water partition coefficient (Wildman–Crippen LogP) is 0.138. The number of nitrogens with zero attached hydrogens (tertiary/aromatic N) is 1. The number of aliphatic hydroxyl groups is 3. The lowest BCUT2D eigenvalue weighted by molar-refractivity contribution is -0.148. The Hall–Kier alpha value is -3.32. The Kier molecular flexibility index (Phi) is 6.33. The van der Waals surface area contributed by atoms with Crippen LogP contribution in [0.5, 0.6) is 5.75 Å². The second-order valence-corrected chi connectivity index (χ2v) is 10.6. The van der Waals surface area contributed by atoms with Crippen LogP contribution >= 0.6 is 0 Å². The van der Waals surface area contributed by atoms with Gasteiger partial charge in [0.1, 0.15) is 28.7 Å². The van der Waals surface area contributed by atoms with Crippen LogP contribution in [0, 0.1) is 17.7 Å². The molecule has 0 aromatic heterocycles. The van der Waals surface area contributed by atoms with Crippen molar-refractivity contribution in [3.8, 4) is 5.75 Å². The van der Waals surface area contributed by atoms with Crippen molar-refractivity contribution in [2.75, 3.05) is 27.3 Å². The number of halogens is 1. The molecule has 1 amide bonds. The number of benzene rings is 1. The summed E-state index contributed by atoms with van der Waals surface area (Å²) >= 11 is 0. The molecule has 7 N–H and O–H groups in total. The molecule has 0 radical (unpaired) electrons. The first kappa shape index (κ1) is 26.3. The Balaban J connectivity index is 1.60. The molecule has 1 saturated heterocycles. The van der Waals surface area contributed by atoms with Gasteiger partial charge in [0, 0.05) is 41.8 Å². The summed E-state index contributed by atoms with van der Waals surface area (Å²) in [5.41, 5.74) is 1.17. The van der Waals surface area contributed by atoms with E-state index in [1.54, 1.807) is 14.1 Å². The minimum Gasteiger partial charge on any atom is -0.510 e. The predicted molar refractivity (Wildman–Crippen MR) is 130 cm³/mol. The number of carbonyl (C=O) groups is 3. The van der Waals surface area contributed by atoms with Crippen LogP contribution in [0.1, 0.15) is 34.3 Å². The van der Waals surface area contributed by atoms with E-state index in [0.29, 0.717) is 13.2 Å². The number of rotatable bonds is 5. The molecule has 3 aliphatic carbocycles. The number of Topliss-reactive ketones (excluding diaryl/α,β-unsaturated/α-hetero) is 2. The van der Waals surface area contributed by atoms with Crippen molar-refractivity contribution < 1.29 is 43.9 Å². The Bertz CT molecular complexity index is 1320. The van der Waals surface area contributed by atoms with Crippen LogP contribution in [0.15, 0.2) is 28.7 Å². The van der Waals surface area contributed by atoms with E-state index in [1.165, 1.54) is 4.90 Å². The van der Waals surface area contributed by atoms with E-state index in [-0.39, 0.29) is 47.7 Å². The average Bonchev–Trinajstić information content (AvgIpc) is 3.36. The van der Waals surface area contributed by atoms with E-state index >= 15 is 4.39 Å². The highest BCUT2D eigenvalue weighted by molar-refractivity contribution is 6.24. The van der Waals surface area contributed by atoms with E-state index in [9.17, 15) is 34.8 Å². The van der Waals surface area contributed by atoms with Crippen LogP contribution in [0.4, 0.5) is 4.39 Å². The summed E-state index contributed by atoms with van der Waals surface area (Å²) in [4.78, 5) is 40.3. The van der Waals surface area contributed by atoms with Gasteiger partial charge in [0.05, 0.1) is 18.2 Å². The van der Waals surface area contributed by atoms with Gasteiger partial charge >= 0.3 is 0 Å². The number of nitrogens with two attached hydrogens (primary N) is 1. The lowest BCUT2D eigenvalue weighted by Gasteiger charge is -2.50. The summed E-state index contributed by atoms with van der Waals surface area (Å²) < 4.78 is 21.0. The molecule has 0 unspecified atom stereocenters. The summed E-state index contributed by atoms with van der Waals surface area (Å²) in [5.74, 6) is -8.34. The van der Waals surface area contributed by atoms with Crippen LogP contribution in [0.2, 0.25) is 0 Å². The largest absolute Gasteiger partial charge is 0.510 e. The van der Waals surface area contributed by atoms with E-state index in [4.69, 9.17) is 10.5 Å². The number of ether oxygens (including phenoxy) is 1. The van der Waals surface area contributed by atoms with Gasteiger partial charge in [-0.1, -0.05) is 0 Å². The molecule has 11 nitrogen and oxygen atoms in total. The van der Waals surface area contributed by atoms with Crippen molar-refractivity contribution >= 4 is 17.5 Å². The molecular formula is C26H30FN3O8.